The normalized spacial score (nSPS) is 14.7. The van der Waals surface area contributed by atoms with Gasteiger partial charge in [-0.15, -0.1) is 0 Å². The molecule has 5 heteroatoms. The summed E-state index contributed by atoms with van der Waals surface area (Å²) in [6.07, 6.45) is 2.27. The van der Waals surface area contributed by atoms with E-state index in [4.69, 9.17) is 17.3 Å². The summed E-state index contributed by atoms with van der Waals surface area (Å²) >= 11 is 6.06. The molecule has 4 nitrogen and oxygen atoms in total. The van der Waals surface area contributed by atoms with Gasteiger partial charge < -0.3 is 15.4 Å². The molecule has 4 rings (SSSR count). The molecule has 0 saturated heterocycles. The van der Waals surface area contributed by atoms with E-state index >= 15 is 0 Å². The summed E-state index contributed by atoms with van der Waals surface area (Å²) in [5, 5.41) is 10.9. The smallest absolute Gasteiger partial charge is 0.145 e. The Balaban J connectivity index is 2.01. The van der Waals surface area contributed by atoms with Crippen molar-refractivity contribution < 1.29 is 5.11 Å². The van der Waals surface area contributed by atoms with Crippen molar-refractivity contribution in [1.82, 2.24) is 9.55 Å². The molecule has 1 aliphatic rings. The Bertz CT molecular complexity index is 852. The zero-order chi connectivity index (χ0) is 14.6. The fourth-order valence-electron chi connectivity index (χ4n) is 2.70. The number of phenolic OH excluding ortho intramolecular Hbond substituents is 1. The van der Waals surface area contributed by atoms with Gasteiger partial charge >= 0.3 is 0 Å². The zero-order valence-corrected chi connectivity index (χ0v) is 12.0. The summed E-state index contributed by atoms with van der Waals surface area (Å²) in [4.78, 5) is 4.67. The molecule has 3 N–H and O–H groups in total. The van der Waals surface area contributed by atoms with E-state index in [1.807, 2.05) is 24.3 Å². The van der Waals surface area contributed by atoms with Crippen LogP contribution in [0.3, 0.4) is 0 Å². The Hall–Kier alpha value is -2.20. The second kappa shape index (κ2) is 4.40. The highest BCUT2D eigenvalue weighted by Gasteiger charge is 2.29. The fourth-order valence-corrected chi connectivity index (χ4v) is 2.87. The Morgan fingerprint density at radius 3 is 2.71 bits per heavy atom. The number of hydrogen-bond acceptors (Lipinski definition) is 3. The van der Waals surface area contributed by atoms with Crippen molar-refractivity contribution in [2.45, 2.75) is 18.9 Å². The van der Waals surface area contributed by atoms with Crippen molar-refractivity contribution in [3.8, 4) is 17.1 Å². The van der Waals surface area contributed by atoms with E-state index in [0.29, 0.717) is 22.3 Å². The van der Waals surface area contributed by atoms with Gasteiger partial charge in [-0.05, 0) is 43.2 Å². The summed E-state index contributed by atoms with van der Waals surface area (Å²) in [7, 11) is 0. The first-order valence-corrected chi connectivity index (χ1v) is 7.27. The average Bonchev–Trinajstić information content (AvgIpc) is 3.20. The van der Waals surface area contributed by atoms with Gasteiger partial charge in [-0.2, -0.15) is 0 Å². The van der Waals surface area contributed by atoms with E-state index in [1.165, 1.54) is 0 Å². The first-order valence-electron chi connectivity index (χ1n) is 6.90. The van der Waals surface area contributed by atoms with Gasteiger partial charge in [0.25, 0.3) is 0 Å². The van der Waals surface area contributed by atoms with Crippen LogP contribution in [0.2, 0.25) is 5.02 Å². The molecule has 21 heavy (non-hydrogen) atoms. The van der Waals surface area contributed by atoms with Crippen molar-refractivity contribution in [3.63, 3.8) is 0 Å². The van der Waals surface area contributed by atoms with Crippen molar-refractivity contribution in [2.24, 2.45) is 0 Å². The number of fused-ring (bicyclic) bond motifs is 1. The van der Waals surface area contributed by atoms with Gasteiger partial charge in [0.15, 0.2) is 0 Å². The number of nitrogens with zero attached hydrogens (tertiary/aromatic N) is 2. The Labute approximate surface area is 126 Å². The summed E-state index contributed by atoms with van der Waals surface area (Å²) in [5.41, 5.74) is 8.84. The minimum atomic E-state index is 0.151. The van der Waals surface area contributed by atoms with Crippen LogP contribution < -0.4 is 5.73 Å². The van der Waals surface area contributed by atoms with E-state index in [-0.39, 0.29) is 5.75 Å². The van der Waals surface area contributed by atoms with E-state index in [1.54, 1.807) is 12.1 Å². The molecule has 1 saturated carbocycles. The van der Waals surface area contributed by atoms with Gasteiger partial charge in [0, 0.05) is 22.8 Å². The molecule has 0 atom stereocenters. The first-order chi connectivity index (χ1) is 10.1. The fraction of sp³-hybridized carbons (Fsp3) is 0.188. The van der Waals surface area contributed by atoms with Crippen LogP contribution in [0.25, 0.3) is 22.4 Å². The third-order valence-electron chi connectivity index (χ3n) is 3.83. The van der Waals surface area contributed by atoms with Crippen molar-refractivity contribution in [1.29, 1.82) is 0 Å². The van der Waals surface area contributed by atoms with E-state index in [0.717, 1.165) is 29.7 Å². The number of halogens is 1. The Morgan fingerprint density at radius 1 is 1.19 bits per heavy atom. The number of phenols is 1. The predicted molar refractivity (Wildman–Crippen MR) is 84.5 cm³/mol. The minimum absolute atomic E-state index is 0.151. The third-order valence-corrected chi connectivity index (χ3v) is 4.06. The standard InChI is InChI=1S/C16H14ClN3O/c17-9-1-6-14-13(7-9)19-16(20(14)11-3-4-11)12-5-2-10(18)8-15(12)21/h1-2,5-8,11,21H,3-4,18H2. The maximum atomic E-state index is 10.2. The van der Waals surface area contributed by atoms with Crippen LogP contribution in [-0.4, -0.2) is 14.7 Å². The molecule has 0 radical (unpaired) electrons. The molecule has 0 aliphatic heterocycles. The van der Waals surface area contributed by atoms with E-state index < -0.39 is 0 Å². The number of nitrogens with two attached hydrogens (primary N) is 1. The molecular formula is C16H14ClN3O. The van der Waals surface area contributed by atoms with Crippen LogP contribution >= 0.6 is 11.6 Å². The number of hydrogen-bond donors (Lipinski definition) is 2. The summed E-state index contributed by atoms with van der Waals surface area (Å²) in [6.45, 7) is 0. The van der Waals surface area contributed by atoms with Gasteiger partial charge in [0.05, 0.1) is 16.6 Å². The van der Waals surface area contributed by atoms with E-state index in [2.05, 4.69) is 9.55 Å². The highest BCUT2D eigenvalue weighted by Crippen LogP contribution is 2.43. The van der Waals surface area contributed by atoms with Gasteiger partial charge in [-0.25, -0.2) is 4.98 Å². The molecule has 3 aromatic rings. The molecule has 1 heterocycles. The maximum absolute atomic E-state index is 10.2. The number of anilines is 1. The number of rotatable bonds is 2. The van der Waals surface area contributed by atoms with Crippen molar-refractivity contribution in [3.05, 3.63) is 41.4 Å². The topological polar surface area (TPSA) is 64.1 Å². The minimum Gasteiger partial charge on any atom is -0.507 e. The highest BCUT2D eigenvalue weighted by atomic mass is 35.5. The highest BCUT2D eigenvalue weighted by molar-refractivity contribution is 6.31. The summed E-state index contributed by atoms with van der Waals surface area (Å²) < 4.78 is 2.19. The lowest BCUT2D eigenvalue weighted by Gasteiger charge is -2.09. The number of imidazole rings is 1. The molecule has 2 aromatic carbocycles. The molecule has 0 spiro atoms. The molecule has 0 unspecified atom stereocenters. The lowest BCUT2D eigenvalue weighted by molar-refractivity contribution is 0.477. The number of aromatic nitrogens is 2. The SMILES string of the molecule is Nc1ccc(-c2nc3cc(Cl)ccc3n2C2CC2)c(O)c1. The quantitative estimate of drug-likeness (QED) is 0.704. The van der Waals surface area contributed by atoms with E-state index in [9.17, 15) is 5.11 Å². The van der Waals surface area contributed by atoms with Crippen LogP contribution in [0.5, 0.6) is 5.75 Å². The lowest BCUT2D eigenvalue weighted by atomic mass is 10.1. The molecule has 106 valence electrons. The number of aromatic hydroxyl groups is 1. The molecule has 1 fully saturated rings. The Kier molecular flexibility index (Phi) is 2.62. The van der Waals surface area contributed by atoms with Crippen molar-refractivity contribution >= 4 is 28.3 Å². The van der Waals surface area contributed by atoms with Crippen molar-refractivity contribution in [2.75, 3.05) is 5.73 Å². The number of nitrogen functional groups attached to an aromatic ring is 1. The zero-order valence-electron chi connectivity index (χ0n) is 11.3. The van der Waals surface area contributed by atoms with Crippen LogP contribution in [-0.2, 0) is 0 Å². The van der Waals surface area contributed by atoms with Gasteiger partial charge in [0.1, 0.15) is 11.6 Å². The maximum Gasteiger partial charge on any atom is 0.145 e. The Morgan fingerprint density at radius 2 is 2.00 bits per heavy atom. The monoisotopic (exact) mass is 299 g/mol. The molecule has 1 aliphatic carbocycles. The van der Waals surface area contributed by atoms with Crippen LogP contribution in [0.1, 0.15) is 18.9 Å². The lowest BCUT2D eigenvalue weighted by Crippen LogP contribution is -1.98. The van der Waals surface area contributed by atoms with Gasteiger partial charge in [0.2, 0.25) is 0 Å². The van der Waals surface area contributed by atoms with Gasteiger partial charge in [-0.3, -0.25) is 0 Å². The second-order valence-corrected chi connectivity index (χ2v) is 5.88. The molecule has 0 bridgehead atoms. The largest absolute Gasteiger partial charge is 0.507 e. The van der Waals surface area contributed by atoms with Crippen LogP contribution in [0.15, 0.2) is 36.4 Å². The number of benzene rings is 2. The summed E-state index contributed by atoms with van der Waals surface area (Å²) in [5.74, 6) is 0.922. The summed E-state index contributed by atoms with van der Waals surface area (Å²) in [6, 6.07) is 11.3. The third kappa shape index (κ3) is 2.03. The molecular weight excluding hydrogens is 286 g/mol. The molecule has 1 aromatic heterocycles. The molecule has 0 amide bonds. The first kappa shape index (κ1) is 12.5. The second-order valence-electron chi connectivity index (χ2n) is 5.45. The average molecular weight is 300 g/mol. The predicted octanol–water partition coefficient (Wildman–Crippen LogP) is 3.98. The van der Waals surface area contributed by atoms with Crippen LogP contribution in [0, 0.1) is 0 Å². The van der Waals surface area contributed by atoms with Gasteiger partial charge in [-0.1, -0.05) is 11.6 Å². The van der Waals surface area contributed by atoms with Crippen LogP contribution in [0.4, 0.5) is 5.69 Å².